The van der Waals surface area contributed by atoms with Crippen molar-refractivity contribution >= 4 is 17.3 Å². The lowest BCUT2D eigenvalue weighted by molar-refractivity contribution is -0.137. The number of unbranched alkanes of at least 4 members (excludes halogenated alkanes) is 3. The molecule has 1 aromatic rings. The topological polar surface area (TPSA) is 102 Å². The normalized spacial score (nSPS) is 28.0. The van der Waals surface area contributed by atoms with Crippen molar-refractivity contribution in [2.75, 3.05) is 0 Å². The summed E-state index contributed by atoms with van der Waals surface area (Å²) in [5.41, 5.74) is -0.0625. The van der Waals surface area contributed by atoms with Gasteiger partial charge in [0.2, 0.25) is 0 Å². The minimum absolute atomic E-state index is 0.0625. The van der Waals surface area contributed by atoms with Crippen LogP contribution in [0.3, 0.4) is 0 Å². The van der Waals surface area contributed by atoms with Crippen molar-refractivity contribution in [2.45, 2.75) is 101 Å². The first-order valence-corrected chi connectivity index (χ1v) is 12.9. The Hall–Kier alpha value is -1.42. The van der Waals surface area contributed by atoms with E-state index in [4.69, 9.17) is 5.11 Å². The van der Waals surface area contributed by atoms with Crippen LogP contribution in [0.2, 0.25) is 0 Å². The van der Waals surface area contributed by atoms with E-state index < -0.39 is 12.1 Å². The molecule has 5 nitrogen and oxygen atoms in total. The molecule has 172 valence electrons. The molecule has 5 atom stereocenters. The standard InChI is InChI=1S/C25H37NO4S/c26-17-18-16-21(27)20(19(18)8-3-1-2-4-12-24(29)30)9-5-10-22(28)25(13-7-14-25)23-11-6-15-31-23/h6,11,15,18-22,27-28H,1-5,7-10,12-14,16H2,(H,29,30)/t18?,19-,20?,21+,22?/m0/s1. The van der Waals surface area contributed by atoms with Gasteiger partial charge in [-0.25, -0.2) is 0 Å². The van der Waals surface area contributed by atoms with Crippen molar-refractivity contribution in [3.8, 4) is 6.07 Å². The minimum Gasteiger partial charge on any atom is -0.481 e. The van der Waals surface area contributed by atoms with E-state index >= 15 is 0 Å². The molecular formula is C25H37NO4S. The quantitative estimate of drug-likeness (QED) is 0.358. The van der Waals surface area contributed by atoms with E-state index in [1.807, 2.05) is 0 Å². The summed E-state index contributed by atoms with van der Waals surface area (Å²) in [6.45, 7) is 0. The molecule has 2 saturated carbocycles. The third-order valence-electron chi connectivity index (χ3n) is 7.81. The van der Waals surface area contributed by atoms with Crippen LogP contribution >= 0.6 is 11.3 Å². The highest BCUT2D eigenvalue weighted by atomic mass is 32.1. The predicted molar refractivity (Wildman–Crippen MR) is 122 cm³/mol. The van der Waals surface area contributed by atoms with Gasteiger partial charge in [-0.05, 0) is 68.2 Å². The molecular weight excluding hydrogens is 410 g/mol. The lowest BCUT2D eigenvalue weighted by Crippen LogP contribution is -2.45. The maximum absolute atomic E-state index is 11.0. The number of carboxylic acids is 1. The van der Waals surface area contributed by atoms with Gasteiger partial charge < -0.3 is 15.3 Å². The summed E-state index contributed by atoms with van der Waals surface area (Å²) in [7, 11) is 0. The van der Waals surface area contributed by atoms with Gasteiger partial charge in [0.15, 0.2) is 0 Å². The molecule has 0 aliphatic heterocycles. The zero-order valence-corrected chi connectivity index (χ0v) is 19.2. The Morgan fingerprint density at radius 1 is 1.19 bits per heavy atom. The molecule has 1 heterocycles. The largest absolute Gasteiger partial charge is 0.481 e. The molecule has 2 aliphatic rings. The summed E-state index contributed by atoms with van der Waals surface area (Å²) in [5.74, 6) is -0.483. The van der Waals surface area contributed by atoms with Crippen molar-refractivity contribution < 1.29 is 20.1 Å². The molecule has 0 amide bonds. The first-order valence-electron chi connectivity index (χ1n) is 12.0. The molecule has 0 radical (unpaired) electrons. The Bertz CT molecular complexity index is 724. The Labute approximate surface area is 190 Å². The highest BCUT2D eigenvalue weighted by Crippen LogP contribution is 2.50. The van der Waals surface area contributed by atoms with Gasteiger partial charge in [0.25, 0.3) is 0 Å². The van der Waals surface area contributed by atoms with Crippen LogP contribution in [0.15, 0.2) is 17.5 Å². The number of thiophene rings is 1. The summed E-state index contributed by atoms with van der Waals surface area (Å²) >= 11 is 1.74. The smallest absolute Gasteiger partial charge is 0.303 e. The fourth-order valence-corrected chi connectivity index (χ4v) is 6.90. The summed E-state index contributed by atoms with van der Waals surface area (Å²) in [6.07, 6.45) is 10.3. The number of nitriles is 1. The molecule has 3 rings (SSSR count). The number of carboxylic acid groups (broad SMARTS) is 1. The number of aliphatic hydroxyl groups is 2. The molecule has 3 unspecified atom stereocenters. The predicted octanol–water partition coefficient (Wildman–Crippen LogP) is 5.26. The maximum atomic E-state index is 11.0. The van der Waals surface area contributed by atoms with Crippen LogP contribution in [-0.2, 0) is 10.2 Å². The van der Waals surface area contributed by atoms with Gasteiger partial charge in [0, 0.05) is 16.7 Å². The number of hydrogen-bond donors (Lipinski definition) is 3. The lowest BCUT2D eigenvalue weighted by atomic mass is 9.63. The van der Waals surface area contributed by atoms with Gasteiger partial charge in [0.1, 0.15) is 0 Å². The summed E-state index contributed by atoms with van der Waals surface area (Å²) in [4.78, 5) is 11.9. The van der Waals surface area contributed by atoms with Gasteiger partial charge >= 0.3 is 5.97 Å². The van der Waals surface area contributed by atoms with E-state index in [1.165, 1.54) is 11.3 Å². The van der Waals surface area contributed by atoms with Crippen molar-refractivity contribution in [3.05, 3.63) is 22.4 Å². The number of aliphatic hydroxyl groups excluding tert-OH is 2. The number of hydrogen-bond acceptors (Lipinski definition) is 5. The number of rotatable bonds is 13. The molecule has 2 fully saturated rings. The Morgan fingerprint density at radius 2 is 1.94 bits per heavy atom. The van der Waals surface area contributed by atoms with E-state index in [2.05, 4.69) is 23.6 Å². The first kappa shape index (κ1) is 24.2. The Morgan fingerprint density at radius 3 is 2.55 bits per heavy atom. The van der Waals surface area contributed by atoms with Gasteiger partial charge in [-0.1, -0.05) is 38.2 Å². The van der Waals surface area contributed by atoms with Gasteiger partial charge in [-0.2, -0.15) is 5.26 Å². The molecule has 0 aromatic carbocycles. The fourth-order valence-electron chi connectivity index (χ4n) is 5.86. The molecule has 0 bridgehead atoms. The summed E-state index contributed by atoms with van der Waals surface area (Å²) in [5, 5.41) is 42.0. The Kier molecular flexibility index (Phi) is 8.95. The molecule has 3 N–H and O–H groups in total. The van der Waals surface area contributed by atoms with Crippen molar-refractivity contribution in [1.82, 2.24) is 0 Å². The van der Waals surface area contributed by atoms with Crippen molar-refractivity contribution in [2.24, 2.45) is 17.8 Å². The number of aliphatic carboxylic acids is 1. The maximum Gasteiger partial charge on any atom is 0.303 e. The summed E-state index contributed by atoms with van der Waals surface area (Å²) < 4.78 is 0. The highest BCUT2D eigenvalue weighted by Gasteiger charge is 2.46. The van der Waals surface area contributed by atoms with Crippen LogP contribution < -0.4 is 0 Å². The Balaban J connectivity index is 1.47. The molecule has 1 aromatic heterocycles. The third kappa shape index (κ3) is 5.88. The molecule has 31 heavy (non-hydrogen) atoms. The van der Waals surface area contributed by atoms with E-state index in [1.54, 1.807) is 11.3 Å². The average Bonchev–Trinajstić information content (AvgIpc) is 3.33. The SMILES string of the molecule is N#CC1C[C@@H](O)C(CCCC(O)C2(c3cccs3)CCC2)[C@H]1CCCCCCC(=O)O. The van der Waals surface area contributed by atoms with Gasteiger partial charge in [-0.3, -0.25) is 4.79 Å². The van der Waals surface area contributed by atoms with Gasteiger partial charge in [-0.15, -0.1) is 11.3 Å². The molecule has 0 spiro atoms. The van der Waals surface area contributed by atoms with Crippen LogP contribution in [0.5, 0.6) is 0 Å². The molecule has 2 aliphatic carbocycles. The second-order valence-electron chi connectivity index (χ2n) is 9.65. The van der Waals surface area contributed by atoms with Crippen LogP contribution in [0, 0.1) is 29.1 Å². The second-order valence-corrected chi connectivity index (χ2v) is 10.6. The van der Waals surface area contributed by atoms with E-state index in [0.717, 1.165) is 57.8 Å². The van der Waals surface area contributed by atoms with Crippen LogP contribution in [0.4, 0.5) is 0 Å². The molecule has 6 heteroatoms. The monoisotopic (exact) mass is 447 g/mol. The van der Waals surface area contributed by atoms with E-state index in [-0.39, 0.29) is 35.7 Å². The minimum atomic E-state index is -0.742. The first-order chi connectivity index (χ1) is 15.0. The second kappa shape index (κ2) is 11.4. The zero-order valence-electron chi connectivity index (χ0n) is 18.4. The number of nitrogens with zero attached hydrogens (tertiary/aromatic N) is 1. The average molecular weight is 448 g/mol. The zero-order chi connectivity index (χ0) is 22.3. The van der Waals surface area contributed by atoms with Crippen LogP contribution in [0.25, 0.3) is 0 Å². The highest BCUT2D eigenvalue weighted by molar-refractivity contribution is 7.10. The van der Waals surface area contributed by atoms with Crippen molar-refractivity contribution in [3.63, 3.8) is 0 Å². The van der Waals surface area contributed by atoms with Crippen LogP contribution in [-0.4, -0.2) is 33.5 Å². The lowest BCUT2D eigenvalue weighted by Gasteiger charge is -2.45. The molecule has 0 saturated heterocycles. The number of carbonyl (C=O) groups is 1. The van der Waals surface area contributed by atoms with Crippen molar-refractivity contribution in [1.29, 1.82) is 5.26 Å². The fraction of sp³-hybridized carbons (Fsp3) is 0.760. The third-order valence-corrected chi connectivity index (χ3v) is 8.90. The van der Waals surface area contributed by atoms with Crippen LogP contribution in [0.1, 0.15) is 88.3 Å². The van der Waals surface area contributed by atoms with E-state index in [0.29, 0.717) is 12.8 Å². The summed E-state index contributed by atoms with van der Waals surface area (Å²) in [6, 6.07) is 6.63. The van der Waals surface area contributed by atoms with Gasteiger partial charge in [0.05, 0.1) is 24.2 Å². The van der Waals surface area contributed by atoms with E-state index in [9.17, 15) is 20.3 Å².